The SMILES string of the molecule is CCOc1ccc(S(=O)(=O)N2C[C@@H](C)[C@@H](n3nc(CC(=O)O)c4ccc(F)cc43)C2)cn1. The summed E-state index contributed by atoms with van der Waals surface area (Å²) in [5.74, 6) is -1.32. The lowest BCUT2D eigenvalue weighted by atomic mass is 10.1. The second-order valence-corrected chi connectivity index (χ2v) is 9.69. The second-order valence-electron chi connectivity index (χ2n) is 7.76. The second kappa shape index (κ2) is 8.47. The molecule has 9 nitrogen and oxygen atoms in total. The molecule has 0 spiro atoms. The summed E-state index contributed by atoms with van der Waals surface area (Å²) in [6.45, 7) is 4.49. The van der Waals surface area contributed by atoms with Gasteiger partial charge >= 0.3 is 5.97 Å². The quantitative estimate of drug-likeness (QED) is 0.574. The summed E-state index contributed by atoms with van der Waals surface area (Å²) in [7, 11) is -3.81. The van der Waals surface area contributed by atoms with Crippen molar-refractivity contribution in [1.29, 1.82) is 0 Å². The molecule has 1 aromatic carbocycles. The van der Waals surface area contributed by atoms with Gasteiger partial charge in [0.1, 0.15) is 10.7 Å². The molecule has 170 valence electrons. The first-order valence-corrected chi connectivity index (χ1v) is 11.6. The van der Waals surface area contributed by atoms with Crippen LogP contribution in [0.5, 0.6) is 5.88 Å². The third kappa shape index (κ3) is 4.05. The molecule has 0 bridgehead atoms. The normalized spacial score (nSPS) is 19.5. The van der Waals surface area contributed by atoms with E-state index in [1.54, 1.807) is 4.68 Å². The molecule has 1 fully saturated rings. The zero-order chi connectivity index (χ0) is 23.0. The Morgan fingerprint density at radius 3 is 2.72 bits per heavy atom. The Labute approximate surface area is 184 Å². The molecule has 1 aliphatic rings. The van der Waals surface area contributed by atoms with Gasteiger partial charge in [0.2, 0.25) is 15.9 Å². The lowest BCUT2D eigenvalue weighted by Gasteiger charge is -2.17. The molecular weight excluding hydrogens is 439 g/mol. The Hall–Kier alpha value is -3.05. The van der Waals surface area contributed by atoms with Crippen LogP contribution in [-0.4, -0.2) is 58.3 Å². The zero-order valence-electron chi connectivity index (χ0n) is 17.6. The van der Waals surface area contributed by atoms with Crippen LogP contribution in [-0.2, 0) is 21.2 Å². The number of carbonyl (C=O) groups is 1. The van der Waals surface area contributed by atoms with E-state index in [4.69, 9.17) is 4.74 Å². The Kier molecular flexibility index (Phi) is 5.87. The van der Waals surface area contributed by atoms with E-state index in [9.17, 15) is 22.7 Å². The van der Waals surface area contributed by atoms with Gasteiger partial charge in [-0.25, -0.2) is 17.8 Å². The standard InChI is InChI=1S/C21H23FN4O5S/c1-3-31-20-7-5-15(10-23-20)32(29,30)25-11-13(2)19(12-25)26-18-8-14(22)4-6-16(18)17(24-26)9-21(27)28/h4-8,10,13,19H,3,9,11-12H2,1-2H3,(H,27,28)/t13-,19+/m1/s1. The molecule has 0 saturated carbocycles. The maximum Gasteiger partial charge on any atom is 0.309 e. The molecule has 11 heteroatoms. The van der Waals surface area contributed by atoms with Gasteiger partial charge in [0.25, 0.3) is 0 Å². The molecule has 3 heterocycles. The fourth-order valence-electron chi connectivity index (χ4n) is 4.03. The van der Waals surface area contributed by atoms with Crippen LogP contribution in [0.2, 0.25) is 0 Å². The minimum Gasteiger partial charge on any atom is -0.481 e. The summed E-state index contributed by atoms with van der Waals surface area (Å²) in [5, 5.41) is 14.2. The number of fused-ring (bicyclic) bond motifs is 1. The first-order chi connectivity index (χ1) is 15.2. The first kappa shape index (κ1) is 22.2. The fourth-order valence-corrected chi connectivity index (χ4v) is 5.53. The van der Waals surface area contributed by atoms with Crippen molar-refractivity contribution in [2.24, 2.45) is 5.92 Å². The van der Waals surface area contributed by atoms with Gasteiger partial charge in [-0.1, -0.05) is 6.92 Å². The van der Waals surface area contributed by atoms with Crippen molar-refractivity contribution in [2.45, 2.75) is 31.2 Å². The van der Waals surface area contributed by atoms with Gasteiger partial charge in [-0.2, -0.15) is 9.40 Å². The Morgan fingerprint density at radius 2 is 2.06 bits per heavy atom. The molecular formula is C21H23FN4O5S. The van der Waals surface area contributed by atoms with Crippen LogP contribution in [0.1, 0.15) is 25.6 Å². The number of aliphatic carboxylic acids is 1. The highest BCUT2D eigenvalue weighted by molar-refractivity contribution is 7.89. The van der Waals surface area contributed by atoms with Gasteiger partial charge in [-0.15, -0.1) is 0 Å². The summed E-state index contributed by atoms with van der Waals surface area (Å²) in [4.78, 5) is 15.3. The molecule has 0 aliphatic carbocycles. The first-order valence-electron chi connectivity index (χ1n) is 10.2. The number of carboxylic acids is 1. The molecule has 2 aromatic heterocycles. The number of rotatable bonds is 7. The molecule has 1 N–H and O–H groups in total. The summed E-state index contributed by atoms with van der Waals surface area (Å²) in [6, 6.07) is 6.64. The number of hydrogen-bond donors (Lipinski definition) is 1. The van der Waals surface area contributed by atoms with E-state index in [0.29, 0.717) is 29.1 Å². The van der Waals surface area contributed by atoms with E-state index in [0.717, 1.165) is 0 Å². The number of carboxylic acid groups (broad SMARTS) is 1. The van der Waals surface area contributed by atoms with E-state index in [1.807, 2.05) is 13.8 Å². The van der Waals surface area contributed by atoms with E-state index in [-0.39, 0.29) is 36.4 Å². The third-order valence-electron chi connectivity index (χ3n) is 5.56. The monoisotopic (exact) mass is 462 g/mol. The molecule has 0 amide bonds. The van der Waals surface area contributed by atoms with Gasteiger partial charge < -0.3 is 9.84 Å². The van der Waals surface area contributed by atoms with Crippen molar-refractivity contribution in [3.63, 3.8) is 0 Å². The van der Waals surface area contributed by atoms with Crippen LogP contribution in [0.25, 0.3) is 10.9 Å². The predicted molar refractivity (Wildman–Crippen MR) is 113 cm³/mol. The van der Waals surface area contributed by atoms with Gasteiger partial charge in [-0.05, 0) is 37.1 Å². The summed E-state index contributed by atoms with van der Waals surface area (Å²) >= 11 is 0. The third-order valence-corrected chi connectivity index (χ3v) is 7.37. The minimum absolute atomic E-state index is 0.0525. The molecule has 3 aromatic rings. The number of hydrogen-bond acceptors (Lipinski definition) is 6. The van der Waals surface area contributed by atoms with Crippen LogP contribution < -0.4 is 4.74 Å². The van der Waals surface area contributed by atoms with E-state index >= 15 is 0 Å². The van der Waals surface area contributed by atoms with Crippen LogP contribution >= 0.6 is 0 Å². The summed E-state index contributed by atoms with van der Waals surface area (Å²) in [6.07, 6.45) is 0.956. The van der Waals surface area contributed by atoms with E-state index in [2.05, 4.69) is 10.1 Å². The van der Waals surface area contributed by atoms with Crippen LogP contribution in [0.4, 0.5) is 4.39 Å². The van der Waals surface area contributed by atoms with Gasteiger partial charge in [0.15, 0.2) is 0 Å². The highest BCUT2D eigenvalue weighted by Gasteiger charge is 2.39. The van der Waals surface area contributed by atoms with E-state index < -0.39 is 21.8 Å². The van der Waals surface area contributed by atoms with Crippen molar-refractivity contribution < 1.29 is 27.4 Å². The molecule has 0 unspecified atom stereocenters. The highest BCUT2D eigenvalue weighted by Crippen LogP contribution is 2.34. The Balaban J connectivity index is 1.66. The number of sulfonamides is 1. The number of ether oxygens (including phenoxy) is 1. The molecule has 0 radical (unpaired) electrons. The number of pyridine rings is 1. The largest absolute Gasteiger partial charge is 0.481 e. The van der Waals surface area contributed by atoms with Crippen molar-refractivity contribution >= 4 is 26.9 Å². The maximum absolute atomic E-state index is 14.0. The van der Waals surface area contributed by atoms with Crippen molar-refractivity contribution in [2.75, 3.05) is 19.7 Å². The number of halogens is 1. The van der Waals surface area contributed by atoms with Crippen LogP contribution in [0.15, 0.2) is 41.4 Å². The smallest absolute Gasteiger partial charge is 0.309 e. The zero-order valence-corrected chi connectivity index (χ0v) is 18.4. The minimum atomic E-state index is -3.81. The average molecular weight is 463 g/mol. The lowest BCUT2D eigenvalue weighted by molar-refractivity contribution is -0.136. The summed E-state index contributed by atoms with van der Waals surface area (Å²) in [5.41, 5.74) is 0.761. The van der Waals surface area contributed by atoms with Crippen LogP contribution in [0.3, 0.4) is 0 Å². The molecule has 2 atom stereocenters. The molecule has 4 rings (SSSR count). The predicted octanol–water partition coefficient (Wildman–Crippen LogP) is 2.48. The van der Waals surface area contributed by atoms with Crippen molar-refractivity contribution in [1.82, 2.24) is 19.1 Å². The van der Waals surface area contributed by atoms with Gasteiger partial charge in [0, 0.05) is 24.5 Å². The lowest BCUT2D eigenvalue weighted by Crippen LogP contribution is -2.29. The fraction of sp³-hybridized carbons (Fsp3) is 0.381. The average Bonchev–Trinajstić information content (AvgIpc) is 3.29. The van der Waals surface area contributed by atoms with Gasteiger partial charge in [0.05, 0.1) is 36.5 Å². The molecule has 1 saturated heterocycles. The highest BCUT2D eigenvalue weighted by atomic mass is 32.2. The number of aromatic nitrogens is 3. The number of nitrogens with zero attached hydrogens (tertiary/aromatic N) is 4. The van der Waals surface area contributed by atoms with Crippen LogP contribution in [0, 0.1) is 11.7 Å². The van der Waals surface area contributed by atoms with Crippen molar-refractivity contribution in [3.05, 3.63) is 48.0 Å². The van der Waals surface area contributed by atoms with Crippen molar-refractivity contribution in [3.8, 4) is 5.88 Å². The Bertz CT molecular complexity index is 1260. The maximum atomic E-state index is 14.0. The Morgan fingerprint density at radius 1 is 1.28 bits per heavy atom. The number of benzene rings is 1. The summed E-state index contributed by atoms with van der Waals surface area (Å²) < 4.78 is 48.5. The topological polar surface area (TPSA) is 115 Å². The van der Waals surface area contributed by atoms with Gasteiger partial charge in [-0.3, -0.25) is 9.48 Å². The molecule has 1 aliphatic heterocycles. The van der Waals surface area contributed by atoms with E-state index in [1.165, 1.54) is 40.8 Å². The molecule has 32 heavy (non-hydrogen) atoms.